The largest absolute Gasteiger partial charge is 0.481 e. The van der Waals surface area contributed by atoms with Gasteiger partial charge < -0.3 is 5.11 Å². The third-order valence-electron chi connectivity index (χ3n) is 2.83. The van der Waals surface area contributed by atoms with Crippen LogP contribution in [0.25, 0.3) is 0 Å². The third kappa shape index (κ3) is 1.31. The lowest BCUT2D eigenvalue weighted by Gasteiger charge is -2.36. The molecule has 1 aliphatic rings. The SMILES string of the molecule is Cc1ncncc1C1(C(=O)O)CC(=O)C1. The summed E-state index contributed by atoms with van der Waals surface area (Å²) < 4.78 is 0. The van der Waals surface area contributed by atoms with E-state index in [1.165, 1.54) is 12.5 Å². The molecule has 2 rings (SSSR count). The number of ketones is 1. The number of nitrogens with zero attached hydrogens (tertiary/aromatic N) is 2. The van der Waals surface area contributed by atoms with Crippen LogP contribution in [0.3, 0.4) is 0 Å². The molecule has 5 heteroatoms. The van der Waals surface area contributed by atoms with Crippen molar-refractivity contribution < 1.29 is 14.7 Å². The van der Waals surface area contributed by atoms with E-state index in [2.05, 4.69) is 9.97 Å². The van der Waals surface area contributed by atoms with E-state index in [0.717, 1.165) is 0 Å². The average Bonchev–Trinajstić information content (AvgIpc) is 2.13. The van der Waals surface area contributed by atoms with Gasteiger partial charge in [0.15, 0.2) is 0 Å². The Bertz CT molecular complexity index is 434. The average molecular weight is 206 g/mol. The van der Waals surface area contributed by atoms with Gasteiger partial charge in [-0.2, -0.15) is 0 Å². The van der Waals surface area contributed by atoms with E-state index in [4.69, 9.17) is 0 Å². The van der Waals surface area contributed by atoms with Gasteiger partial charge in [0.25, 0.3) is 0 Å². The summed E-state index contributed by atoms with van der Waals surface area (Å²) in [6.07, 6.45) is 2.96. The van der Waals surface area contributed by atoms with Crippen molar-refractivity contribution in [1.29, 1.82) is 0 Å². The highest BCUT2D eigenvalue weighted by atomic mass is 16.4. The van der Waals surface area contributed by atoms with Crippen LogP contribution in [0.4, 0.5) is 0 Å². The molecule has 0 bridgehead atoms. The number of aliphatic carboxylic acids is 1. The molecule has 1 fully saturated rings. The first-order valence-corrected chi connectivity index (χ1v) is 4.58. The molecule has 15 heavy (non-hydrogen) atoms. The number of aromatic nitrogens is 2. The van der Waals surface area contributed by atoms with Gasteiger partial charge in [-0.15, -0.1) is 0 Å². The predicted molar refractivity (Wildman–Crippen MR) is 50.3 cm³/mol. The topological polar surface area (TPSA) is 80.2 Å². The summed E-state index contributed by atoms with van der Waals surface area (Å²) in [5.74, 6) is -0.999. The van der Waals surface area contributed by atoms with Crippen molar-refractivity contribution in [3.63, 3.8) is 0 Å². The van der Waals surface area contributed by atoms with Crippen molar-refractivity contribution in [3.05, 3.63) is 23.8 Å². The van der Waals surface area contributed by atoms with Crippen LogP contribution in [0.2, 0.25) is 0 Å². The molecule has 1 N–H and O–H groups in total. The Hall–Kier alpha value is -1.78. The van der Waals surface area contributed by atoms with Gasteiger partial charge in [0.1, 0.15) is 17.5 Å². The summed E-state index contributed by atoms with van der Waals surface area (Å²) in [4.78, 5) is 30.0. The fourth-order valence-corrected chi connectivity index (χ4v) is 1.94. The molecule has 1 heterocycles. The fourth-order valence-electron chi connectivity index (χ4n) is 1.94. The number of hydrogen-bond donors (Lipinski definition) is 1. The Morgan fingerprint density at radius 3 is 2.67 bits per heavy atom. The van der Waals surface area contributed by atoms with Crippen LogP contribution in [0.15, 0.2) is 12.5 Å². The second-order valence-corrected chi connectivity index (χ2v) is 3.80. The highest BCUT2D eigenvalue weighted by molar-refractivity contribution is 6.01. The molecule has 1 aliphatic carbocycles. The Morgan fingerprint density at radius 1 is 1.53 bits per heavy atom. The standard InChI is InChI=1S/C10H10N2O3/c1-6-8(4-11-5-12-6)10(9(14)15)2-7(13)3-10/h4-5H,2-3H2,1H3,(H,14,15). The lowest BCUT2D eigenvalue weighted by molar-refractivity contribution is -0.153. The van der Waals surface area contributed by atoms with Crippen LogP contribution in [0, 0.1) is 6.92 Å². The molecule has 0 aliphatic heterocycles. The Morgan fingerprint density at radius 2 is 2.20 bits per heavy atom. The van der Waals surface area contributed by atoms with E-state index in [-0.39, 0.29) is 18.6 Å². The van der Waals surface area contributed by atoms with Crippen LogP contribution < -0.4 is 0 Å². The lowest BCUT2D eigenvalue weighted by Crippen LogP contribution is -2.48. The summed E-state index contributed by atoms with van der Waals surface area (Å²) in [6, 6.07) is 0. The monoisotopic (exact) mass is 206 g/mol. The molecule has 0 amide bonds. The normalized spacial score (nSPS) is 18.3. The van der Waals surface area contributed by atoms with Crippen molar-refractivity contribution in [2.24, 2.45) is 0 Å². The van der Waals surface area contributed by atoms with Crippen molar-refractivity contribution in [2.45, 2.75) is 25.2 Å². The first-order chi connectivity index (χ1) is 7.06. The maximum atomic E-state index is 11.2. The molecule has 0 saturated heterocycles. The van der Waals surface area contributed by atoms with Crippen LogP contribution in [-0.4, -0.2) is 26.8 Å². The second-order valence-electron chi connectivity index (χ2n) is 3.80. The maximum Gasteiger partial charge on any atom is 0.315 e. The smallest absolute Gasteiger partial charge is 0.315 e. The number of carboxylic acids is 1. The molecule has 78 valence electrons. The van der Waals surface area contributed by atoms with Gasteiger partial charge in [0, 0.05) is 30.3 Å². The predicted octanol–water partition coefficient (Wildman–Crippen LogP) is 0.470. The van der Waals surface area contributed by atoms with Crippen LogP contribution in [-0.2, 0) is 15.0 Å². The Labute approximate surface area is 86.2 Å². The zero-order chi connectivity index (χ0) is 11.1. The minimum Gasteiger partial charge on any atom is -0.481 e. The molecule has 1 saturated carbocycles. The number of hydrogen-bond acceptors (Lipinski definition) is 4. The fraction of sp³-hybridized carbons (Fsp3) is 0.400. The van der Waals surface area contributed by atoms with Crippen LogP contribution >= 0.6 is 0 Å². The summed E-state index contributed by atoms with van der Waals surface area (Å²) >= 11 is 0. The van der Waals surface area contributed by atoms with E-state index >= 15 is 0 Å². The molecular formula is C10H10N2O3. The summed E-state index contributed by atoms with van der Waals surface area (Å²) in [6.45, 7) is 1.73. The molecule has 0 atom stereocenters. The van der Waals surface area contributed by atoms with Crippen molar-refractivity contribution in [1.82, 2.24) is 9.97 Å². The zero-order valence-corrected chi connectivity index (χ0v) is 8.23. The van der Waals surface area contributed by atoms with E-state index in [0.29, 0.717) is 11.3 Å². The number of carbonyl (C=O) groups excluding carboxylic acids is 1. The van der Waals surface area contributed by atoms with Crippen molar-refractivity contribution in [3.8, 4) is 0 Å². The summed E-state index contributed by atoms with van der Waals surface area (Å²) in [5.41, 5.74) is 0.0969. The maximum absolute atomic E-state index is 11.2. The minimum atomic E-state index is -1.08. The van der Waals surface area contributed by atoms with Gasteiger partial charge in [-0.05, 0) is 6.92 Å². The highest BCUT2D eigenvalue weighted by Gasteiger charge is 2.52. The first-order valence-electron chi connectivity index (χ1n) is 4.58. The molecule has 1 aromatic heterocycles. The van der Waals surface area contributed by atoms with E-state index in [1.54, 1.807) is 6.92 Å². The summed E-state index contributed by atoms with van der Waals surface area (Å²) in [7, 11) is 0. The first kappa shape index (κ1) is 9.76. The minimum absolute atomic E-state index is 0.0272. The van der Waals surface area contributed by atoms with Gasteiger partial charge >= 0.3 is 5.97 Å². The van der Waals surface area contributed by atoms with E-state index in [9.17, 15) is 14.7 Å². The molecule has 0 radical (unpaired) electrons. The molecule has 0 spiro atoms. The van der Waals surface area contributed by atoms with Crippen molar-refractivity contribution >= 4 is 11.8 Å². The molecule has 5 nitrogen and oxygen atoms in total. The Kier molecular flexibility index (Phi) is 2.03. The highest BCUT2D eigenvalue weighted by Crippen LogP contribution is 2.42. The van der Waals surface area contributed by atoms with Gasteiger partial charge in [0.2, 0.25) is 0 Å². The van der Waals surface area contributed by atoms with Gasteiger partial charge in [-0.1, -0.05) is 0 Å². The second kappa shape index (κ2) is 3.12. The number of rotatable bonds is 2. The van der Waals surface area contributed by atoms with Crippen LogP contribution in [0.1, 0.15) is 24.1 Å². The van der Waals surface area contributed by atoms with Gasteiger partial charge in [-0.25, -0.2) is 9.97 Å². The van der Waals surface area contributed by atoms with E-state index < -0.39 is 11.4 Å². The quantitative estimate of drug-likeness (QED) is 0.760. The van der Waals surface area contributed by atoms with Gasteiger partial charge in [0.05, 0.1) is 0 Å². The molecule has 0 aromatic carbocycles. The lowest BCUT2D eigenvalue weighted by atomic mass is 9.63. The third-order valence-corrected chi connectivity index (χ3v) is 2.83. The van der Waals surface area contributed by atoms with Crippen molar-refractivity contribution in [2.75, 3.05) is 0 Å². The summed E-state index contributed by atoms with van der Waals surface area (Å²) in [5, 5.41) is 9.17. The Balaban J connectivity index is 2.48. The molecule has 0 unspecified atom stereocenters. The number of carboxylic acid groups (broad SMARTS) is 1. The molecular weight excluding hydrogens is 196 g/mol. The van der Waals surface area contributed by atoms with Crippen LogP contribution in [0.5, 0.6) is 0 Å². The zero-order valence-electron chi connectivity index (χ0n) is 8.23. The van der Waals surface area contributed by atoms with E-state index in [1.807, 2.05) is 0 Å². The molecule has 1 aromatic rings. The van der Waals surface area contributed by atoms with Gasteiger partial charge in [-0.3, -0.25) is 9.59 Å². The number of Topliss-reactive ketones (excluding diaryl/α,β-unsaturated/α-hetero) is 1. The number of carbonyl (C=O) groups is 2. The number of aryl methyl sites for hydroxylation is 1.